The third kappa shape index (κ3) is 5.11. The molecule has 0 radical (unpaired) electrons. The quantitative estimate of drug-likeness (QED) is 0.331. The second-order valence-corrected chi connectivity index (χ2v) is 9.58. The Kier molecular flexibility index (Phi) is 6.76. The first-order valence-electron chi connectivity index (χ1n) is 12.8. The smallest absolute Gasteiger partial charge is 0.123 e. The molecule has 0 bridgehead atoms. The molecule has 0 atom stereocenters. The zero-order valence-electron chi connectivity index (χ0n) is 20.9. The van der Waals surface area contributed by atoms with E-state index in [9.17, 15) is 9.50 Å². The van der Waals surface area contributed by atoms with E-state index in [1.807, 2.05) is 35.5 Å². The Hall–Kier alpha value is -4.21. The van der Waals surface area contributed by atoms with Crippen LogP contribution in [0.5, 0.6) is 0 Å². The van der Waals surface area contributed by atoms with Crippen LogP contribution >= 0.6 is 0 Å². The second kappa shape index (κ2) is 10.6. The Bertz CT molecular complexity index is 1570. The number of aliphatic hydroxyl groups is 1. The molecule has 1 aliphatic heterocycles. The van der Waals surface area contributed by atoms with Crippen LogP contribution in [0.2, 0.25) is 0 Å². The van der Waals surface area contributed by atoms with Gasteiger partial charge in [-0.05, 0) is 83.6 Å². The van der Waals surface area contributed by atoms with E-state index in [4.69, 9.17) is 0 Å². The minimum Gasteiger partial charge on any atom is -0.396 e. The van der Waals surface area contributed by atoms with Gasteiger partial charge in [0.05, 0.1) is 28.8 Å². The van der Waals surface area contributed by atoms with Crippen LogP contribution < -0.4 is 5.01 Å². The number of aromatic nitrogens is 5. The molecule has 1 aliphatic rings. The molecule has 0 saturated carbocycles. The summed E-state index contributed by atoms with van der Waals surface area (Å²) in [6.45, 7) is 2.55. The molecule has 0 fully saturated rings. The molecule has 3 heterocycles. The summed E-state index contributed by atoms with van der Waals surface area (Å²) in [5.74, 6) is -0.197. The van der Waals surface area contributed by atoms with Crippen molar-refractivity contribution in [3.63, 3.8) is 0 Å². The molecule has 9 heteroatoms. The highest BCUT2D eigenvalue weighted by Gasteiger charge is 2.21. The van der Waals surface area contributed by atoms with E-state index in [0.717, 1.165) is 59.6 Å². The van der Waals surface area contributed by atoms with E-state index in [1.165, 1.54) is 17.2 Å². The van der Waals surface area contributed by atoms with E-state index < -0.39 is 0 Å². The standard InChI is InChI=1S/C29H28FN7O/c30-25-4-1-3-21(13-25)17-35-11-10-22-14-27(7-6-23(22)18-35)37(36-19-26(33-34-36)5-2-12-38)28-8-9-29-24(15-28)16-31-20-32-29/h1,3-4,6-9,13-16,19-20,38H,2,5,10-12,17-18H2. The summed E-state index contributed by atoms with van der Waals surface area (Å²) in [5.41, 5.74) is 7.11. The minimum absolute atomic E-state index is 0.113. The zero-order valence-corrected chi connectivity index (χ0v) is 20.9. The second-order valence-electron chi connectivity index (χ2n) is 9.58. The summed E-state index contributed by atoms with van der Waals surface area (Å²) in [4.78, 5) is 12.6. The van der Waals surface area contributed by atoms with Gasteiger partial charge in [0.15, 0.2) is 0 Å². The van der Waals surface area contributed by atoms with E-state index >= 15 is 0 Å². The van der Waals surface area contributed by atoms with Crippen molar-refractivity contribution in [2.24, 2.45) is 0 Å². The normalized spacial score (nSPS) is 13.5. The summed E-state index contributed by atoms with van der Waals surface area (Å²) >= 11 is 0. The lowest BCUT2D eigenvalue weighted by atomic mass is 9.98. The first-order chi connectivity index (χ1) is 18.7. The maximum Gasteiger partial charge on any atom is 0.123 e. The molecule has 2 aromatic heterocycles. The maximum absolute atomic E-state index is 13.7. The van der Waals surface area contributed by atoms with Crippen LogP contribution in [-0.2, 0) is 25.9 Å². The fraction of sp³-hybridized carbons (Fsp3) is 0.241. The Morgan fingerprint density at radius 2 is 1.89 bits per heavy atom. The molecule has 6 rings (SSSR count). The van der Waals surface area contributed by atoms with E-state index in [0.29, 0.717) is 12.8 Å². The van der Waals surface area contributed by atoms with Gasteiger partial charge in [-0.3, -0.25) is 4.90 Å². The molecular weight excluding hydrogens is 481 g/mol. The predicted octanol–water partition coefficient (Wildman–Crippen LogP) is 4.45. The van der Waals surface area contributed by atoms with Crippen molar-refractivity contribution in [3.8, 4) is 0 Å². The maximum atomic E-state index is 13.7. The molecule has 1 N–H and O–H groups in total. The lowest BCUT2D eigenvalue weighted by Crippen LogP contribution is -2.31. The van der Waals surface area contributed by atoms with Gasteiger partial charge >= 0.3 is 0 Å². The Morgan fingerprint density at radius 3 is 2.79 bits per heavy atom. The lowest BCUT2D eigenvalue weighted by molar-refractivity contribution is 0.245. The molecular formula is C29H28FN7O. The highest BCUT2D eigenvalue weighted by Crippen LogP contribution is 2.32. The molecule has 0 unspecified atom stereocenters. The number of aliphatic hydroxyl groups excluding tert-OH is 1. The van der Waals surface area contributed by atoms with Crippen LogP contribution in [0.1, 0.15) is 28.8 Å². The van der Waals surface area contributed by atoms with Gasteiger partial charge in [-0.15, -0.1) is 5.10 Å². The zero-order chi connectivity index (χ0) is 25.9. The van der Waals surface area contributed by atoms with Crippen molar-refractivity contribution >= 4 is 22.3 Å². The number of halogens is 1. The molecule has 0 aliphatic carbocycles. The topological polar surface area (TPSA) is 83.2 Å². The highest BCUT2D eigenvalue weighted by molar-refractivity contribution is 5.83. The average molecular weight is 510 g/mol. The number of nitrogens with zero attached hydrogens (tertiary/aromatic N) is 7. The van der Waals surface area contributed by atoms with Crippen molar-refractivity contribution in [3.05, 3.63) is 108 Å². The van der Waals surface area contributed by atoms with E-state index in [-0.39, 0.29) is 12.4 Å². The molecule has 38 heavy (non-hydrogen) atoms. The number of hydrogen-bond acceptors (Lipinski definition) is 7. The van der Waals surface area contributed by atoms with Crippen LogP contribution in [0.25, 0.3) is 10.9 Å². The first-order valence-corrected chi connectivity index (χ1v) is 12.8. The summed E-state index contributed by atoms with van der Waals surface area (Å²) < 4.78 is 13.7. The van der Waals surface area contributed by atoms with Crippen LogP contribution in [-0.4, -0.2) is 48.2 Å². The summed E-state index contributed by atoms with van der Waals surface area (Å²) in [6.07, 6.45) is 7.44. The van der Waals surface area contributed by atoms with Crippen molar-refractivity contribution in [1.82, 2.24) is 30.0 Å². The predicted molar refractivity (Wildman–Crippen MR) is 143 cm³/mol. The third-order valence-electron chi connectivity index (χ3n) is 6.88. The number of hydrogen-bond donors (Lipinski definition) is 1. The van der Waals surface area contributed by atoms with Crippen LogP contribution in [0.3, 0.4) is 0 Å². The lowest BCUT2D eigenvalue weighted by Gasteiger charge is -2.31. The number of aryl methyl sites for hydroxylation is 1. The number of fused-ring (bicyclic) bond motifs is 2. The number of anilines is 2. The monoisotopic (exact) mass is 509 g/mol. The SMILES string of the molecule is OCCCc1cn(N(c2ccc3c(c2)CCN(Cc2cccc(F)c2)C3)c2ccc3ncncc3c2)nn1. The highest BCUT2D eigenvalue weighted by atomic mass is 19.1. The van der Waals surface area contributed by atoms with Gasteiger partial charge in [-0.25, -0.2) is 19.4 Å². The van der Waals surface area contributed by atoms with Gasteiger partial charge in [0.25, 0.3) is 0 Å². The Labute approximate surface area is 220 Å². The Morgan fingerprint density at radius 1 is 1.00 bits per heavy atom. The summed E-state index contributed by atoms with van der Waals surface area (Å²) in [5, 5.41) is 20.9. The van der Waals surface area contributed by atoms with Crippen molar-refractivity contribution < 1.29 is 9.50 Å². The minimum atomic E-state index is -0.197. The third-order valence-corrected chi connectivity index (χ3v) is 6.88. The fourth-order valence-electron chi connectivity index (χ4n) is 5.01. The molecule has 0 amide bonds. The Balaban J connectivity index is 1.32. The van der Waals surface area contributed by atoms with Crippen molar-refractivity contribution in [2.75, 3.05) is 18.2 Å². The van der Waals surface area contributed by atoms with E-state index in [2.05, 4.69) is 43.4 Å². The molecule has 0 saturated heterocycles. The van der Waals surface area contributed by atoms with Gasteiger partial charge in [-0.1, -0.05) is 18.2 Å². The van der Waals surface area contributed by atoms with Gasteiger partial charge in [0.2, 0.25) is 0 Å². The molecule has 3 aromatic carbocycles. The van der Waals surface area contributed by atoms with E-state index in [1.54, 1.807) is 29.4 Å². The van der Waals surface area contributed by atoms with Gasteiger partial charge < -0.3 is 5.11 Å². The van der Waals surface area contributed by atoms with Gasteiger partial charge in [0, 0.05) is 37.8 Å². The van der Waals surface area contributed by atoms with Crippen LogP contribution in [0.4, 0.5) is 15.8 Å². The fourth-order valence-corrected chi connectivity index (χ4v) is 5.01. The number of rotatable bonds is 8. The summed E-state index contributed by atoms with van der Waals surface area (Å²) in [6, 6.07) is 19.4. The molecule has 5 aromatic rings. The van der Waals surface area contributed by atoms with Gasteiger partial charge in [-0.2, -0.15) is 4.79 Å². The first kappa shape index (κ1) is 24.1. The molecule has 8 nitrogen and oxygen atoms in total. The molecule has 192 valence electrons. The largest absolute Gasteiger partial charge is 0.396 e. The molecule has 0 spiro atoms. The van der Waals surface area contributed by atoms with Crippen LogP contribution in [0, 0.1) is 5.82 Å². The average Bonchev–Trinajstić information content (AvgIpc) is 3.40. The number of benzene rings is 3. The van der Waals surface area contributed by atoms with Crippen molar-refractivity contribution in [2.45, 2.75) is 32.4 Å². The van der Waals surface area contributed by atoms with Crippen LogP contribution in [0.15, 0.2) is 79.4 Å². The summed E-state index contributed by atoms with van der Waals surface area (Å²) in [7, 11) is 0. The van der Waals surface area contributed by atoms with Gasteiger partial charge in [0.1, 0.15) is 12.1 Å². The van der Waals surface area contributed by atoms with Crippen molar-refractivity contribution in [1.29, 1.82) is 0 Å².